The van der Waals surface area contributed by atoms with Gasteiger partial charge in [0.25, 0.3) is 0 Å². The van der Waals surface area contributed by atoms with E-state index in [2.05, 4.69) is 26.6 Å². The minimum absolute atomic E-state index is 0.437. The van der Waals surface area contributed by atoms with Crippen molar-refractivity contribution in [3.63, 3.8) is 0 Å². The third-order valence-corrected chi connectivity index (χ3v) is 3.56. The smallest absolute Gasteiger partial charge is 0.308 e. The van der Waals surface area contributed by atoms with Crippen molar-refractivity contribution >= 4 is 68.1 Å². The second-order valence-electron chi connectivity index (χ2n) is 3.86. The van der Waals surface area contributed by atoms with Gasteiger partial charge in [-0.3, -0.25) is 0 Å². The fourth-order valence-corrected chi connectivity index (χ4v) is 2.56. The van der Waals surface area contributed by atoms with Crippen molar-refractivity contribution in [3.05, 3.63) is 55.9 Å². The van der Waals surface area contributed by atoms with Crippen LogP contribution in [-0.2, 0) is 0 Å². The third kappa shape index (κ3) is 4.28. The zero-order valence-electron chi connectivity index (χ0n) is 9.88. The first-order chi connectivity index (χ1) is 9.44. The van der Waals surface area contributed by atoms with Crippen molar-refractivity contribution in [3.8, 4) is 0 Å². The van der Waals surface area contributed by atoms with Crippen LogP contribution in [0.25, 0.3) is 0 Å². The molecule has 2 N–H and O–H groups in total. The van der Waals surface area contributed by atoms with Crippen LogP contribution in [0.15, 0.2) is 40.9 Å². The maximum atomic E-state index is 11.9. The van der Waals surface area contributed by atoms with Gasteiger partial charge in [-0.25, -0.2) is 4.79 Å². The first-order valence-corrected chi connectivity index (χ1v) is 7.36. The molecule has 2 amide bonds. The molecule has 20 heavy (non-hydrogen) atoms. The molecule has 3 nitrogen and oxygen atoms in total. The molecule has 0 spiro atoms. The zero-order chi connectivity index (χ0) is 14.7. The van der Waals surface area contributed by atoms with Gasteiger partial charge in [-0.15, -0.1) is 0 Å². The first kappa shape index (κ1) is 15.4. The number of carbonyl (C=O) groups excluding carboxylic acids is 1. The molecule has 0 bridgehead atoms. The number of benzene rings is 2. The minimum atomic E-state index is -0.441. The highest BCUT2D eigenvalue weighted by Gasteiger charge is 2.07. The van der Waals surface area contributed by atoms with Crippen LogP contribution in [0, 0.1) is 0 Å². The summed E-state index contributed by atoms with van der Waals surface area (Å²) < 4.78 is 0.808. The molecule has 7 heteroatoms. The fourth-order valence-electron chi connectivity index (χ4n) is 1.50. The molecule has 0 unspecified atom stereocenters. The third-order valence-electron chi connectivity index (χ3n) is 2.30. The Morgan fingerprint density at radius 3 is 2.25 bits per heavy atom. The minimum Gasteiger partial charge on any atom is -0.308 e. The van der Waals surface area contributed by atoms with Crippen LogP contribution in [0.4, 0.5) is 16.2 Å². The van der Waals surface area contributed by atoms with E-state index in [-0.39, 0.29) is 0 Å². The molecule has 0 aliphatic heterocycles. The van der Waals surface area contributed by atoms with Crippen molar-refractivity contribution in [2.24, 2.45) is 0 Å². The molecule has 0 atom stereocenters. The molecule has 104 valence electrons. The molecule has 0 saturated heterocycles. The quantitative estimate of drug-likeness (QED) is 0.639. The van der Waals surface area contributed by atoms with Crippen LogP contribution >= 0.6 is 50.7 Å². The molecule has 0 saturated carbocycles. The van der Waals surface area contributed by atoms with Gasteiger partial charge in [0.2, 0.25) is 0 Å². The number of carbonyl (C=O) groups is 1. The average molecular weight is 394 g/mol. The Balaban J connectivity index is 2.11. The Bertz CT molecular complexity index is 644. The predicted octanol–water partition coefficient (Wildman–Crippen LogP) is 6.05. The van der Waals surface area contributed by atoms with Crippen molar-refractivity contribution in [1.82, 2.24) is 0 Å². The Morgan fingerprint density at radius 2 is 1.60 bits per heavy atom. The van der Waals surface area contributed by atoms with E-state index < -0.39 is 6.03 Å². The largest absolute Gasteiger partial charge is 0.323 e. The highest BCUT2D eigenvalue weighted by atomic mass is 79.9. The summed E-state index contributed by atoms with van der Waals surface area (Å²) in [7, 11) is 0. The number of nitrogens with one attached hydrogen (secondary N) is 2. The van der Waals surface area contributed by atoms with Crippen LogP contribution in [0.5, 0.6) is 0 Å². The number of hydrogen-bond donors (Lipinski definition) is 2. The van der Waals surface area contributed by atoms with Crippen LogP contribution in [0.3, 0.4) is 0 Å². The Morgan fingerprint density at radius 1 is 0.950 bits per heavy atom. The molecule has 0 heterocycles. The zero-order valence-corrected chi connectivity index (χ0v) is 13.7. The molecule has 2 aromatic rings. The Labute approximate surface area is 139 Å². The van der Waals surface area contributed by atoms with Gasteiger partial charge in [0.05, 0.1) is 10.7 Å². The molecular formula is C13H8BrCl3N2O. The number of hydrogen-bond acceptors (Lipinski definition) is 1. The molecule has 0 aliphatic carbocycles. The normalized spacial score (nSPS) is 10.2. The lowest BCUT2D eigenvalue weighted by molar-refractivity contribution is 0.262. The summed E-state index contributed by atoms with van der Waals surface area (Å²) in [5.41, 5.74) is 0.984. The van der Waals surface area contributed by atoms with Crippen molar-refractivity contribution in [1.29, 1.82) is 0 Å². The number of anilines is 2. The second-order valence-corrected chi connectivity index (χ2v) is 6.06. The lowest BCUT2D eigenvalue weighted by Crippen LogP contribution is -2.19. The van der Waals surface area contributed by atoms with E-state index in [9.17, 15) is 4.79 Å². The molecule has 2 aromatic carbocycles. The van der Waals surface area contributed by atoms with Crippen LogP contribution in [0.1, 0.15) is 0 Å². The summed E-state index contributed by atoms with van der Waals surface area (Å²) in [5.74, 6) is 0. The maximum absolute atomic E-state index is 11.9. The predicted molar refractivity (Wildman–Crippen MR) is 88.3 cm³/mol. The summed E-state index contributed by atoms with van der Waals surface area (Å²) in [4.78, 5) is 11.9. The molecule has 2 rings (SSSR count). The number of halogens is 4. The number of urea groups is 1. The number of amides is 2. The van der Waals surface area contributed by atoms with E-state index in [0.29, 0.717) is 26.4 Å². The molecule has 0 aliphatic rings. The van der Waals surface area contributed by atoms with E-state index in [1.807, 2.05) is 0 Å². The van der Waals surface area contributed by atoms with Crippen LogP contribution in [-0.4, -0.2) is 6.03 Å². The lowest BCUT2D eigenvalue weighted by atomic mass is 10.3. The van der Waals surface area contributed by atoms with E-state index in [4.69, 9.17) is 34.8 Å². The van der Waals surface area contributed by atoms with E-state index in [1.54, 1.807) is 36.4 Å². The maximum Gasteiger partial charge on any atom is 0.323 e. The van der Waals surface area contributed by atoms with Crippen molar-refractivity contribution in [2.75, 3.05) is 10.6 Å². The highest BCUT2D eigenvalue weighted by Crippen LogP contribution is 2.26. The van der Waals surface area contributed by atoms with E-state index >= 15 is 0 Å². The fraction of sp³-hybridized carbons (Fsp3) is 0. The summed E-state index contributed by atoms with van der Waals surface area (Å²) >= 11 is 21.0. The molecule has 0 radical (unpaired) electrons. The Kier molecular flexibility index (Phi) is 5.16. The first-order valence-electron chi connectivity index (χ1n) is 5.43. The van der Waals surface area contributed by atoms with Crippen molar-refractivity contribution in [2.45, 2.75) is 0 Å². The molecular weight excluding hydrogens is 386 g/mol. The van der Waals surface area contributed by atoms with E-state index in [0.717, 1.165) is 4.47 Å². The van der Waals surface area contributed by atoms with E-state index in [1.165, 1.54) is 0 Å². The summed E-state index contributed by atoms with van der Waals surface area (Å²) in [5, 5.41) is 6.58. The van der Waals surface area contributed by atoms with Gasteiger partial charge < -0.3 is 10.6 Å². The average Bonchev–Trinajstić information content (AvgIpc) is 2.32. The number of rotatable bonds is 2. The van der Waals surface area contributed by atoms with Gasteiger partial charge in [-0.05, 0) is 36.4 Å². The molecule has 0 fully saturated rings. The summed E-state index contributed by atoms with van der Waals surface area (Å²) in [6, 6.07) is 9.48. The van der Waals surface area contributed by atoms with Gasteiger partial charge in [0.15, 0.2) is 0 Å². The van der Waals surface area contributed by atoms with Crippen LogP contribution < -0.4 is 10.6 Å². The monoisotopic (exact) mass is 392 g/mol. The summed E-state index contributed by atoms with van der Waals surface area (Å²) in [6.45, 7) is 0. The van der Waals surface area contributed by atoms with Crippen LogP contribution in [0.2, 0.25) is 15.1 Å². The Hall–Kier alpha value is -0.940. The van der Waals surface area contributed by atoms with Gasteiger partial charge >= 0.3 is 6.03 Å². The van der Waals surface area contributed by atoms with Gasteiger partial charge in [0, 0.05) is 20.2 Å². The van der Waals surface area contributed by atoms with Gasteiger partial charge in [-0.1, -0.05) is 50.7 Å². The standard InChI is InChI=1S/C13H8BrCl3N2O/c14-7-1-2-11(17)12(3-7)19-13(20)18-10-5-8(15)4-9(16)6-10/h1-6H,(H2,18,19,20). The second kappa shape index (κ2) is 6.68. The molecule has 0 aromatic heterocycles. The topological polar surface area (TPSA) is 41.1 Å². The lowest BCUT2D eigenvalue weighted by Gasteiger charge is -2.10. The van der Waals surface area contributed by atoms with Crippen molar-refractivity contribution < 1.29 is 4.79 Å². The SMILES string of the molecule is O=C(Nc1cc(Cl)cc(Cl)c1)Nc1cc(Br)ccc1Cl. The summed E-state index contributed by atoms with van der Waals surface area (Å²) in [6.07, 6.45) is 0. The van der Waals surface area contributed by atoms with Gasteiger partial charge in [0.1, 0.15) is 0 Å². The van der Waals surface area contributed by atoms with Gasteiger partial charge in [-0.2, -0.15) is 0 Å². The highest BCUT2D eigenvalue weighted by molar-refractivity contribution is 9.10.